The minimum Gasteiger partial charge on any atom is -0.446 e. The van der Waals surface area contributed by atoms with Crippen LogP contribution < -0.4 is 27.0 Å². The topological polar surface area (TPSA) is 168 Å². The smallest absolute Gasteiger partial charge is 0.273 e. The zero-order chi connectivity index (χ0) is 26.9. The number of halogens is 1. The second-order valence-electron chi connectivity index (χ2n) is 9.65. The van der Waals surface area contributed by atoms with E-state index in [1.54, 1.807) is 0 Å². The Bertz CT molecular complexity index is 1090. The SMILES string of the molecule is CC(C)[C@@H]1NC(=O)[C@H](Cc2ccccc2)NC(=O)[C@@H](NC(=O)[C@@H](C)N)CCCCNC(=O)c2coc1n2.Cl. The maximum Gasteiger partial charge on any atom is 0.273 e. The van der Waals surface area contributed by atoms with E-state index >= 15 is 0 Å². The molecular formula is C26H37ClN6O5. The van der Waals surface area contributed by atoms with Crippen LogP contribution in [0.2, 0.25) is 0 Å². The molecule has 6 N–H and O–H groups in total. The zero-order valence-electron chi connectivity index (χ0n) is 21.9. The van der Waals surface area contributed by atoms with Crippen LogP contribution in [0, 0.1) is 5.92 Å². The summed E-state index contributed by atoms with van der Waals surface area (Å²) in [4.78, 5) is 56.0. The van der Waals surface area contributed by atoms with E-state index in [0.29, 0.717) is 25.8 Å². The minimum absolute atomic E-state index is 0. The molecule has 11 nitrogen and oxygen atoms in total. The summed E-state index contributed by atoms with van der Waals surface area (Å²) >= 11 is 0. The van der Waals surface area contributed by atoms with Crippen molar-refractivity contribution in [1.29, 1.82) is 0 Å². The van der Waals surface area contributed by atoms with Crippen LogP contribution in [-0.4, -0.2) is 53.3 Å². The van der Waals surface area contributed by atoms with Gasteiger partial charge in [-0.3, -0.25) is 19.2 Å². The third kappa shape index (κ3) is 8.56. The van der Waals surface area contributed by atoms with Gasteiger partial charge >= 0.3 is 0 Å². The largest absolute Gasteiger partial charge is 0.446 e. The second kappa shape index (κ2) is 14.5. The summed E-state index contributed by atoms with van der Waals surface area (Å²) in [6, 6.07) is 6.06. The first-order valence-corrected chi connectivity index (χ1v) is 12.6. The number of oxazole rings is 1. The first-order chi connectivity index (χ1) is 17.7. The third-order valence-electron chi connectivity index (χ3n) is 6.15. The average molecular weight is 549 g/mol. The molecule has 0 aliphatic carbocycles. The molecule has 1 aliphatic rings. The van der Waals surface area contributed by atoms with E-state index in [1.807, 2.05) is 44.2 Å². The lowest BCUT2D eigenvalue weighted by Crippen LogP contribution is -2.56. The maximum atomic E-state index is 13.5. The molecule has 0 spiro atoms. The molecule has 208 valence electrons. The number of carbonyl (C=O) groups excluding carboxylic acids is 4. The van der Waals surface area contributed by atoms with E-state index < -0.39 is 47.8 Å². The molecule has 1 aromatic heterocycles. The van der Waals surface area contributed by atoms with Crippen LogP contribution in [0.4, 0.5) is 0 Å². The molecular weight excluding hydrogens is 512 g/mol. The Balaban J connectivity index is 0.00000507. The highest BCUT2D eigenvalue weighted by atomic mass is 35.5. The second-order valence-corrected chi connectivity index (χ2v) is 9.65. The first kappa shape index (κ1) is 30.8. The number of amides is 4. The number of nitrogens with two attached hydrogens (primary N) is 1. The fraction of sp³-hybridized carbons (Fsp3) is 0.500. The summed E-state index contributed by atoms with van der Waals surface area (Å²) < 4.78 is 5.56. The van der Waals surface area contributed by atoms with Crippen LogP contribution >= 0.6 is 12.4 Å². The van der Waals surface area contributed by atoms with Crippen molar-refractivity contribution >= 4 is 36.0 Å². The van der Waals surface area contributed by atoms with Crippen molar-refractivity contribution < 1.29 is 23.6 Å². The Hall–Kier alpha value is -3.44. The number of aromatic nitrogens is 1. The van der Waals surface area contributed by atoms with Gasteiger partial charge in [-0.05, 0) is 37.7 Å². The van der Waals surface area contributed by atoms with Gasteiger partial charge < -0.3 is 31.4 Å². The van der Waals surface area contributed by atoms with Gasteiger partial charge in [0.1, 0.15) is 24.4 Å². The predicted molar refractivity (Wildman–Crippen MR) is 143 cm³/mol. The van der Waals surface area contributed by atoms with Gasteiger partial charge in [0.15, 0.2) is 5.69 Å². The summed E-state index contributed by atoms with van der Waals surface area (Å²) in [5.74, 6) is -1.70. The summed E-state index contributed by atoms with van der Waals surface area (Å²) in [7, 11) is 0. The lowest BCUT2D eigenvalue weighted by molar-refractivity contribution is -0.132. The van der Waals surface area contributed by atoms with Gasteiger partial charge in [0.25, 0.3) is 5.91 Å². The standard InChI is InChI=1S/C26H36N6O5.ClH/c1-15(2)21-26-31-20(14-37-26)23(34)28-12-8-7-11-18(29-22(33)16(3)27)24(35)30-19(25(36)32-21)13-17-9-5-4-6-10-17;/h4-6,9-10,14-16,18-19,21H,7-8,11-13,27H2,1-3H3,(H,28,34)(H,29,33)(H,30,35)(H,32,36);1H/t16-,18+,19+,21+;/m1./s1. The summed E-state index contributed by atoms with van der Waals surface area (Å²) in [5, 5.41) is 11.2. The van der Waals surface area contributed by atoms with Gasteiger partial charge in [-0.15, -0.1) is 12.4 Å². The Morgan fingerprint density at radius 3 is 2.47 bits per heavy atom. The molecule has 38 heavy (non-hydrogen) atoms. The van der Waals surface area contributed by atoms with Gasteiger partial charge in [0, 0.05) is 13.0 Å². The highest BCUT2D eigenvalue weighted by molar-refractivity contribution is 5.93. The highest BCUT2D eigenvalue weighted by Gasteiger charge is 2.31. The Morgan fingerprint density at radius 1 is 1.11 bits per heavy atom. The van der Waals surface area contributed by atoms with Crippen molar-refractivity contribution in [3.8, 4) is 0 Å². The van der Waals surface area contributed by atoms with Crippen molar-refractivity contribution in [2.75, 3.05) is 6.54 Å². The number of rotatable bonds is 5. The van der Waals surface area contributed by atoms with E-state index in [4.69, 9.17) is 10.2 Å². The quantitative estimate of drug-likeness (QED) is 0.376. The molecule has 0 radical (unpaired) electrons. The normalized spacial score (nSPS) is 21.9. The number of hydrogen-bond donors (Lipinski definition) is 5. The molecule has 0 saturated heterocycles. The number of hydrogen-bond acceptors (Lipinski definition) is 7. The highest BCUT2D eigenvalue weighted by Crippen LogP contribution is 2.22. The lowest BCUT2D eigenvalue weighted by atomic mass is 10.0. The Morgan fingerprint density at radius 2 is 1.82 bits per heavy atom. The van der Waals surface area contributed by atoms with E-state index in [2.05, 4.69) is 26.3 Å². The first-order valence-electron chi connectivity index (χ1n) is 12.6. The molecule has 1 aromatic carbocycles. The van der Waals surface area contributed by atoms with Crippen LogP contribution in [0.1, 0.15) is 68.0 Å². The van der Waals surface area contributed by atoms with Gasteiger partial charge in [0.2, 0.25) is 23.6 Å². The summed E-state index contributed by atoms with van der Waals surface area (Å²) in [5.41, 5.74) is 6.67. The molecule has 4 amide bonds. The van der Waals surface area contributed by atoms with Crippen molar-refractivity contribution in [1.82, 2.24) is 26.3 Å². The van der Waals surface area contributed by atoms with Crippen molar-refractivity contribution in [3.05, 3.63) is 53.7 Å². The fourth-order valence-corrected chi connectivity index (χ4v) is 3.97. The summed E-state index contributed by atoms with van der Waals surface area (Å²) in [6.45, 7) is 5.66. The molecule has 2 aromatic rings. The number of carbonyl (C=O) groups is 4. The molecule has 1 aliphatic heterocycles. The number of nitrogens with one attached hydrogen (secondary N) is 4. The molecule has 2 bridgehead atoms. The number of fused-ring (bicyclic) bond motifs is 2. The van der Waals surface area contributed by atoms with E-state index in [9.17, 15) is 19.2 Å². The van der Waals surface area contributed by atoms with E-state index in [1.165, 1.54) is 13.2 Å². The van der Waals surface area contributed by atoms with Gasteiger partial charge in [-0.1, -0.05) is 44.2 Å². The molecule has 2 heterocycles. The van der Waals surface area contributed by atoms with Crippen LogP contribution in [0.5, 0.6) is 0 Å². The maximum absolute atomic E-state index is 13.5. The number of benzene rings is 1. The van der Waals surface area contributed by atoms with Crippen LogP contribution in [0.3, 0.4) is 0 Å². The van der Waals surface area contributed by atoms with Gasteiger partial charge in [-0.25, -0.2) is 4.98 Å². The summed E-state index contributed by atoms with van der Waals surface area (Å²) in [6.07, 6.45) is 2.91. The van der Waals surface area contributed by atoms with E-state index in [0.717, 1.165) is 5.56 Å². The van der Waals surface area contributed by atoms with Crippen molar-refractivity contribution in [3.63, 3.8) is 0 Å². The Kier molecular flexibility index (Phi) is 11.7. The molecule has 4 atom stereocenters. The average Bonchev–Trinajstić information content (AvgIpc) is 3.35. The minimum atomic E-state index is -0.934. The number of nitrogens with zero attached hydrogens (tertiary/aromatic N) is 1. The molecule has 0 unspecified atom stereocenters. The lowest BCUT2D eigenvalue weighted by Gasteiger charge is -2.26. The van der Waals surface area contributed by atoms with Crippen molar-refractivity contribution in [2.45, 2.75) is 70.6 Å². The van der Waals surface area contributed by atoms with Gasteiger partial charge in [0.05, 0.1) is 6.04 Å². The third-order valence-corrected chi connectivity index (χ3v) is 6.15. The van der Waals surface area contributed by atoms with Crippen LogP contribution in [0.15, 0.2) is 41.0 Å². The Labute approximate surface area is 228 Å². The molecule has 12 heteroatoms. The molecule has 3 rings (SSSR count). The predicted octanol–water partition coefficient (Wildman–Crippen LogP) is 1.38. The van der Waals surface area contributed by atoms with Crippen molar-refractivity contribution in [2.24, 2.45) is 11.7 Å². The van der Waals surface area contributed by atoms with Crippen LogP contribution in [-0.2, 0) is 20.8 Å². The zero-order valence-corrected chi connectivity index (χ0v) is 22.7. The monoisotopic (exact) mass is 548 g/mol. The van der Waals surface area contributed by atoms with Gasteiger partial charge in [-0.2, -0.15) is 0 Å². The molecule has 0 fully saturated rings. The molecule has 0 saturated carbocycles. The van der Waals surface area contributed by atoms with Crippen LogP contribution in [0.25, 0.3) is 0 Å². The van der Waals surface area contributed by atoms with E-state index in [-0.39, 0.29) is 36.3 Å². The fourth-order valence-electron chi connectivity index (χ4n) is 3.97.